The minimum atomic E-state index is -0.0270. The first-order valence-corrected chi connectivity index (χ1v) is 8.65. The molecule has 4 atom stereocenters. The summed E-state index contributed by atoms with van der Waals surface area (Å²) in [5.74, 6) is 1.02. The van der Waals surface area contributed by atoms with Gasteiger partial charge < -0.3 is 0 Å². The molecule has 0 aromatic heterocycles. The zero-order valence-electron chi connectivity index (χ0n) is 13.3. The Morgan fingerprint density at radius 1 is 0.955 bits per heavy atom. The van der Waals surface area contributed by atoms with E-state index < -0.39 is 0 Å². The molecule has 116 valence electrons. The zero-order valence-corrected chi connectivity index (χ0v) is 13.3. The van der Waals surface area contributed by atoms with Gasteiger partial charge in [-0.25, -0.2) is 4.90 Å². The number of carbonyl (C=O) groups is 2. The molecular formula is C19H23NO2. The van der Waals surface area contributed by atoms with E-state index in [-0.39, 0.29) is 23.7 Å². The van der Waals surface area contributed by atoms with Crippen LogP contribution in [0.3, 0.4) is 0 Å². The zero-order chi connectivity index (χ0) is 15.4. The molecule has 22 heavy (non-hydrogen) atoms. The van der Waals surface area contributed by atoms with E-state index in [0.717, 1.165) is 48.9 Å². The van der Waals surface area contributed by atoms with Crippen molar-refractivity contribution >= 4 is 17.5 Å². The number of para-hydroxylation sites is 1. The van der Waals surface area contributed by atoms with E-state index in [1.807, 2.05) is 6.07 Å². The molecule has 3 nitrogen and oxygen atoms in total. The number of benzene rings is 1. The fraction of sp³-hybridized carbons (Fsp3) is 0.579. The second kappa shape index (κ2) is 4.94. The summed E-state index contributed by atoms with van der Waals surface area (Å²) >= 11 is 0. The van der Waals surface area contributed by atoms with E-state index in [2.05, 4.69) is 26.0 Å². The van der Waals surface area contributed by atoms with Gasteiger partial charge in [-0.2, -0.15) is 0 Å². The smallest absolute Gasteiger partial charge is 0.237 e. The summed E-state index contributed by atoms with van der Waals surface area (Å²) < 4.78 is 0. The molecule has 2 bridgehead atoms. The quantitative estimate of drug-likeness (QED) is 0.802. The molecule has 2 aliphatic carbocycles. The number of fused-ring (bicyclic) bond motifs is 5. The van der Waals surface area contributed by atoms with Crippen LogP contribution in [0.1, 0.15) is 44.2 Å². The number of amides is 2. The fourth-order valence-corrected chi connectivity index (χ4v) is 5.13. The highest BCUT2D eigenvalue weighted by Crippen LogP contribution is 2.57. The second-order valence-electron chi connectivity index (χ2n) is 7.03. The first-order valence-electron chi connectivity index (χ1n) is 8.65. The molecule has 1 aromatic rings. The predicted molar refractivity (Wildman–Crippen MR) is 85.5 cm³/mol. The normalized spacial score (nSPS) is 32.9. The maximum atomic E-state index is 13.0. The van der Waals surface area contributed by atoms with Crippen molar-refractivity contribution in [2.45, 2.75) is 46.0 Å². The molecule has 0 spiro atoms. The summed E-state index contributed by atoms with van der Waals surface area (Å²) in [6, 6.07) is 6.15. The van der Waals surface area contributed by atoms with E-state index in [0.29, 0.717) is 11.8 Å². The molecule has 3 aliphatic rings. The summed E-state index contributed by atoms with van der Waals surface area (Å²) in [4.78, 5) is 27.6. The molecule has 3 heteroatoms. The molecular weight excluding hydrogens is 274 g/mol. The van der Waals surface area contributed by atoms with Crippen molar-refractivity contribution in [1.29, 1.82) is 0 Å². The van der Waals surface area contributed by atoms with Crippen LogP contribution in [0.15, 0.2) is 18.2 Å². The van der Waals surface area contributed by atoms with Crippen LogP contribution in [-0.4, -0.2) is 11.8 Å². The summed E-state index contributed by atoms with van der Waals surface area (Å²) in [5.41, 5.74) is 3.14. The number of carbonyl (C=O) groups excluding carboxylic acids is 2. The van der Waals surface area contributed by atoms with Gasteiger partial charge in [0.2, 0.25) is 11.8 Å². The number of anilines is 1. The average Bonchev–Trinajstić information content (AvgIpc) is 3.21. The number of nitrogens with zero attached hydrogens (tertiary/aromatic N) is 1. The van der Waals surface area contributed by atoms with Gasteiger partial charge in [0.05, 0.1) is 17.5 Å². The largest absolute Gasteiger partial charge is 0.274 e. The van der Waals surface area contributed by atoms with Gasteiger partial charge in [-0.15, -0.1) is 0 Å². The highest BCUT2D eigenvalue weighted by Gasteiger charge is 2.61. The first-order chi connectivity index (χ1) is 10.7. The lowest BCUT2D eigenvalue weighted by molar-refractivity contribution is -0.123. The Kier molecular flexibility index (Phi) is 3.14. The minimum Gasteiger partial charge on any atom is -0.274 e. The maximum absolute atomic E-state index is 13.0. The lowest BCUT2D eigenvalue weighted by Crippen LogP contribution is -2.34. The van der Waals surface area contributed by atoms with Crippen LogP contribution in [0, 0.1) is 23.7 Å². The SMILES string of the molecule is CCc1cccc(CC)c1N1C(=O)[C@@H]2[C@@H]3CC[C@@H](C3)[C@@H]2C1=O. The third kappa shape index (κ3) is 1.68. The molecule has 2 amide bonds. The molecule has 1 saturated heterocycles. The van der Waals surface area contributed by atoms with E-state index in [4.69, 9.17) is 0 Å². The standard InChI is InChI=1S/C19H23NO2/c1-3-11-6-5-7-12(4-2)17(11)20-18(21)15-13-8-9-14(10-13)16(15)19(20)22/h5-7,13-16H,3-4,8-10H2,1-2H3/t13-,14+,15-,16+. The number of hydrogen-bond acceptors (Lipinski definition) is 2. The Labute approximate surface area is 131 Å². The van der Waals surface area contributed by atoms with Crippen molar-refractivity contribution < 1.29 is 9.59 Å². The van der Waals surface area contributed by atoms with Crippen LogP contribution in [0.5, 0.6) is 0 Å². The molecule has 0 unspecified atom stereocenters. The van der Waals surface area contributed by atoms with E-state index in [1.165, 1.54) is 0 Å². The van der Waals surface area contributed by atoms with E-state index in [9.17, 15) is 9.59 Å². The first kappa shape index (κ1) is 14.0. The van der Waals surface area contributed by atoms with Crippen molar-refractivity contribution in [1.82, 2.24) is 0 Å². The average molecular weight is 297 g/mol. The van der Waals surface area contributed by atoms with Gasteiger partial charge in [0, 0.05) is 0 Å². The summed E-state index contributed by atoms with van der Waals surface area (Å²) in [6.07, 6.45) is 5.06. The van der Waals surface area contributed by atoms with Crippen molar-refractivity contribution in [3.8, 4) is 0 Å². The van der Waals surface area contributed by atoms with Crippen molar-refractivity contribution in [2.24, 2.45) is 23.7 Å². The van der Waals surface area contributed by atoms with Crippen LogP contribution in [-0.2, 0) is 22.4 Å². The molecule has 2 saturated carbocycles. The lowest BCUT2D eigenvalue weighted by Gasteiger charge is -2.23. The summed E-state index contributed by atoms with van der Waals surface area (Å²) in [5, 5.41) is 0. The topological polar surface area (TPSA) is 37.4 Å². The van der Waals surface area contributed by atoms with Crippen molar-refractivity contribution in [3.05, 3.63) is 29.3 Å². The fourth-order valence-electron chi connectivity index (χ4n) is 5.13. The number of rotatable bonds is 3. The number of imide groups is 1. The molecule has 4 rings (SSSR count). The third-order valence-electron chi connectivity index (χ3n) is 6.12. The predicted octanol–water partition coefficient (Wildman–Crippen LogP) is 3.35. The Bertz CT molecular complexity index is 601. The van der Waals surface area contributed by atoms with Gasteiger partial charge in [0.1, 0.15) is 0 Å². The van der Waals surface area contributed by atoms with Crippen LogP contribution >= 0.6 is 0 Å². The minimum absolute atomic E-state index is 0.0270. The van der Waals surface area contributed by atoms with Gasteiger partial charge in [-0.3, -0.25) is 9.59 Å². The van der Waals surface area contributed by atoms with E-state index in [1.54, 1.807) is 4.90 Å². The van der Waals surface area contributed by atoms with Gasteiger partial charge in [0.25, 0.3) is 0 Å². The lowest BCUT2D eigenvalue weighted by atomic mass is 9.81. The number of hydrogen-bond donors (Lipinski definition) is 0. The van der Waals surface area contributed by atoms with Crippen molar-refractivity contribution in [2.75, 3.05) is 4.90 Å². The molecule has 0 radical (unpaired) electrons. The van der Waals surface area contributed by atoms with Crippen LogP contribution in [0.2, 0.25) is 0 Å². The van der Waals surface area contributed by atoms with Gasteiger partial charge >= 0.3 is 0 Å². The third-order valence-corrected chi connectivity index (χ3v) is 6.12. The van der Waals surface area contributed by atoms with Gasteiger partial charge in [-0.1, -0.05) is 32.0 Å². The Morgan fingerprint density at radius 3 is 1.91 bits per heavy atom. The Morgan fingerprint density at radius 2 is 1.45 bits per heavy atom. The highest BCUT2D eigenvalue weighted by atomic mass is 16.2. The molecule has 1 aliphatic heterocycles. The monoisotopic (exact) mass is 297 g/mol. The molecule has 3 fully saturated rings. The van der Waals surface area contributed by atoms with Gasteiger partial charge in [-0.05, 0) is 55.1 Å². The highest BCUT2D eigenvalue weighted by molar-refractivity contribution is 6.23. The molecule has 1 aromatic carbocycles. The van der Waals surface area contributed by atoms with Crippen LogP contribution in [0.25, 0.3) is 0 Å². The van der Waals surface area contributed by atoms with Gasteiger partial charge in [0.15, 0.2) is 0 Å². The number of aryl methyl sites for hydroxylation is 2. The van der Waals surface area contributed by atoms with Crippen LogP contribution < -0.4 is 4.90 Å². The second-order valence-corrected chi connectivity index (χ2v) is 7.03. The Balaban J connectivity index is 1.81. The summed E-state index contributed by atoms with van der Waals surface area (Å²) in [7, 11) is 0. The van der Waals surface area contributed by atoms with E-state index >= 15 is 0 Å². The van der Waals surface area contributed by atoms with Crippen molar-refractivity contribution in [3.63, 3.8) is 0 Å². The maximum Gasteiger partial charge on any atom is 0.237 e. The van der Waals surface area contributed by atoms with Crippen LogP contribution in [0.4, 0.5) is 5.69 Å². The molecule has 0 N–H and O–H groups in total. The Hall–Kier alpha value is -1.64. The summed E-state index contributed by atoms with van der Waals surface area (Å²) in [6.45, 7) is 4.18. The molecule has 1 heterocycles.